The number of rotatable bonds is 15. The van der Waals surface area contributed by atoms with E-state index in [4.69, 9.17) is 18.9 Å². The van der Waals surface area contributed by atoms with E-state index in [0.29, 0.717) is 49.2 Å². The van der Waals surface area contributed by atoms with Crippen LogP contribution in [-0.2, 0) is 30.8 Å². The zero-order chi connectivity index (χ0) is 32.2. The van der Waals surface area contributed by atoms with Crippen LogP contribution >= 0.6 is 0 Å². The fourth-order valence-electron chi connectivity index (χ4n) is 5.08. The molecule has 0 amide bonds. The van der Waals surface area contributed by atoms with E-state index in [9.17, 15) is 19.8 Å². The van der Waals surface area contributed by atoms with Crippen LogP contribution in [0.25, 0.3) is 0 Å². The normalized spacial score (nSPS) is 10.7. The van der Waals surface area contributed by atoms with Crippen molar-refractivity contribution in [2.45, 2.75) is 65.6 Å². The molecule has 4 aromatic rings. The number of hydrogen-bond donors (Lipinski definition) is 2. The summed E-state index contributed by atoms with van der Waals surface area (Å²) < 4.78 is 22.9. The molecule has 0 radical (unpaired) electrons. The average Bonchev–Trinajstić information content (AvgIpc) is 3.04. The van der Waals surface area contributed by atoms with E-state index in [0.717, 1.165) is 24.0 Å². The van der Waals surface area contributed by atoms with Crippen molar-refractivity contribution in [3.63, 3.8) is 0 Å². The van der Waals surface area contributed by atoms with Crippen molar-refractivity contribution in [3.8, 4) is 28.7 Å². The minimum Gasteiger partial charge on any atom is -0.507 e. The summed E-state index contributed by atoms with van der Waals surface area (Å²) in [4.78, 5) is 27.2. The highest BCUT2D eigenvalue weighted by atomic mass is 16.6. The topological polar surface area (TPSA) is 112 Å². The van der Waals surface area contributed by atoms with Crippen LogP contribution in [0.5, 0.6) is 28.7 Å². The highest BCUT2D eigenvalue weighted by molar-refractivity contribution is 5.99. The molecule has 0 unspecified atom stereocenters. The lowest BCUT2D eigenvalue weighted by Crippen LogP contribution is -2.16. The van der Waals surface area contributed by atoms with Crippen molar-refractivity contribution < 1.29 is 38.7 Å². The quantitative estimate of drug-likeness (QED) is 0.0791. The molecular formula is C37H40O8. The van der Waals surface area contributed by atoms with E-state index in [2.05, 4.69) is 0 Å². The fraction of sp³-hybridized carbons (Fsp3) is 0.297. The molecule has 8 heteroatoms. The largest absolute Gasteiger partial charge is 0.507 e. The van der Waals surface area contributed by atoms with Gasteiger partial charge in [0.1, 0.15) is 41.6 Å². The molecular weight excluding hydrogens is 572 g/mol. The number of esters is 2. The Morgan fingerprint density at radius 2 is 1.36 bits per heavy atom. The van der Waals surface area contributed by atoms with Crippen LogP contribution in [0.3, 0.4) is 0 Å². The molecule has 0 atom stereocenters. The molecule has 45 heavy (non-hydrogen) atoms. The summed E-state index contributed by atoms with van der Waals surface area (Å²) in [7, 11) is 1.38. The predicted octanol–water partition coefficient (Wildman–Crippen LogP) is 7.95. The SMILES string of the molecule is CCCCCc1c(OC(=O)c2c(O)cc(OCc3ccccc3)cc2CCC)c(OC)cc(O)c1C(=O)OCc1ccccc1. The monoisotopic (exact) mass is 612 g/mol. The van der Waals surface area contributed by atoms with Crippen molar-refractivity contribution in [1.82, 2.24) is 0 Å². The van der Waals surface area contributed by atoms with Gasteiger partial charge in [0.05, 0.1) is 7.11 Å². The second-order valence-corrected chi connectivity index (χ2v) is 10.7. The van der Waals surface area contributed by atoms with E-state index >= 15 is 0 Å². The van der Waals surface area contributed by atoms with Gasteiger partial charge in [0, 0.05) is 17.7 Å². The molecule has 236 valence electrons. The maximum Gasteiger partial charge on any atom is 0.347 e. The molecule has 4 aromatic carbocycles. The highest BCUT2D eigenvalue weighted by Crippen LogP contribution is 2.42. The first kappa shape index (κ1) is 32.9. The van der Waals surface area contributed by atoms with E-state index in [1.165, 1.54) is 19.2 Å². The lowest BCUT2D eigenvalue weighted by molar-refractivity contribution is 0.0465. The third-order valence-electron chi connectivity index (χ3n) is 7.33. The van der Waals surface area contributed by atoms with Gasteiger partial charge >= 0.3 is 11.9 Å². The highest BCUT2D eigenvalue weighted by Gasteiger charge is 2.29. The molecule has 2 N–H and O–H groups in total. The van der Waals surface area contributed by atoms with Gasteiger partial charge in [-0.15, -0.1) is 0 Å². The lowest BCUT2D eigenvalue weighted by atomic mass is 9.98. The molecule has 0 saturated carbocycles. The first-order valence-corrected chi connectivity index (χ1v) is 15.2. The summed E-state index contributed by atoms with van der Waals surface area (Å²) in [6.07, 6.45) is 3.91. The van der Waals surface area contributed by atoms with Crippen molar-refractivity contribution in [2.24, 2.45) is 0 Å². The molecule has 0 spiro atoms. The molecule has 0 aromatic heterocycles. The summed E-state index contributed by atoms with van der Waals surface area (Å²) in [6, 6.07) is 23.2. The smallest absolute Gasteiger partial charge is 0.347 e. The summed E-state index contributed by atoms with van der Waals surface area (Å²) in [6.45, 7) is 4.31. The van der Waals surface area contributed by atoms with E-state index in [1.54, 1.807) is 6.07 Å². The van der Waals surface area contributed by atoms with Crippen LogP contribution < -0.4 is 14.2 Å². The molecule has 0 fully saturated rings. The van der Waals surface area contributed by atoms with Crippen molar-refractivity contribution in [1.29, 1.82) is 0 Å². The zero-order valence-corrected chi connectivity index (χ0v) is 26.0. The maximum absolute atomic E-state index is 13.8. The predicted molar refractivity (Wildman–Crippen MR) is 171 cm³/mol. The van der Waals surface area contributed by atoms with Gasteiger partial charge in [0.25, 0.3) is 0 Å². The fourth-order valence-corrected chi connectivity index (χ4v) is 5.08. The molecule has 0 aliphatic carbocycles. The van der Waals surface area contributed by atoms with Gasteiger partial charge in [0.2, 0.25) is 0 Å². The van der Waals surface area contributed by atoms with Crippen molar-refractivity contribution in [2.75, 3.05) is 7.11 Å². The molecule has 0 aliphatic heterocycles. The Bertz CT molecular complexity index is 1580. The van der Waals surface area contributed by atoms with Gasteiger partial charge in [-0.05, 0) is 42.0 Å². The number of phenolic OH excluding ortho intramolecular Hbond substituents is 2. The minimum absolute atomic E-state index is 0.00159. The second-order valence-electron chi connectivity index (χ2n) is 10.7. The first-order valence-electron chi connectivity index (χ1n) is 15.2. The number of phenols is 2. The number of aromatic hydroxyl groups is 2. The number of methoxy groups -OCH3 is 1. The Balaban J connectivity index is 1.69. The number of ether oxygens (including phenoxy) is 4. The molecule has 0 saturated heterocycles. The lowest BCUT2D eigenvalue weighted by Gasteiger charge is -2.20. The van der Waals surface area contributed by atoms with Crippen LogP contribution in [0.1, 0.15) is 82.5 Å². The standard InChI is InChI=1S/C37H40O8/c1-4-6-9-19-29-34(36(40)44-24-26-17-12-8-13-18-26)31(39)22-32(42-3)35(29)45-37(41)33-27(14-5-2)20-28(21-30(33)38)43-23-25-15-10-7-11-16-25/h7-8,10-13,15-18,20-22,38-39H,4-6,9,14,19,23-24H2,1-3H3. The van der Waals surface area contributed by atoms with E-state index in [-0.39, 0.29) is 40.7 Å². The van der Waals surface area contributed by atoms with Crippen LogP contribution in [0.2, 0.25) is 0 Å². The van der Waals surface area contributed by atoms with Gasteiger partial charge in [-0.2, -0.15) is 0 Å². The number of carbonyl (C=O) groups is 2. The van der Waals surface area contributed by atoms with Gasteiger partial charge in [0.15, 0.2) is 11.5 Å². The number of benzene rings is 4. The summed E-state index contributed by atoms with van der Waals surface area (Å²) in [5, 5.41) is 22.0. The summed E-state index contributed by atoms with van der Waals surface area (Å²) in [5.74, 6) is -1.72. The van der Waals surface area contributed by atoms with E-state index < -0.39 is 11.9 Å². The first-order chi connectivity index (χ1) is 21.9. The molecule has 0 aliphatic rings. The van der Waals surface area contributed by atoms with Crippen LogP contribution in [0.15, 0.2) is 78.9 Å². The van der Waals surface area contributed by atoms with Crippen molar-refractivity contribution in [3.05, 3.63) is 112 Å². The zero-order valence-electron chi connectivity index (χ0n) is 26.0. The number of aryl methyl sites for hydroxylation is 1. The Morgan fingerprint density at radius 1 is 0.711 bits per heavy atom. The number of carbonyl (C=O) groups excluding carboxylic acids is 2. The number of hydrogen-bond acceptors (Lipinski definition) is 8. The van der Waals surface area contributed by atoms with Gasteiger partial charge < -0.3 is 29.2 Å². The Labute approximate surface area is 264 Å². The van der Waals surface area contributed by atoms with Gasteiger partial charge in [-0.1, -0.05) is 93.8 Å². The van der Waals surface area contributed by atoms with Crippen LogP contribution in [0.4, 0.5) is 0 Å². The summed E-state index contributed by atoms with van der Waals surface area (Å²) >= 11 is 0. The molecule has 8 nitrogen and oxygen atoms in total. The van der Waals surface area contributed by atoms with E-state index in [1.807, 2.05) is 74.5 Å². The molecule has 4 rings (SSSR count). The van der Waals surface area contributed by atoms with Crippen LogP contribution in [0, 0.1) is 0 Å². The maximum atomic E-state index is 13.8. The average molecular weight is 613 g/mol. The Morgan fingerprint density at radius 3 is 1.98 bits per heavy atom. The van der Waals surface area contributed by atoms with Crippen LogP contribution in [-0.4, -0.2) is 29.3 Å². The second kappa shape index (κ2) is 16.2. The van der Waals surface area contributed by atoms with Crippen molar-refractivity contribution >= 4 is 11.9 Å². The Kier molecular flexibility index (Phi) is 11.8. The molecule has 0 heterocycles. The molecule has 0 bridgehead atoms. The summed E-state index contributed by atoms with van der Waals surface area (Å²) in [5.41, 5.74) is 2.50. The number of unbranched alkanes of at least 4 members (excludes halogenated alkanes) is 2. The minimum atomic E-state index is -0.824. The van der Waals surface area contributed by atoms with Gasteiger partial charge in [-0.25, -0.2) is 9.59 Å². The third kappa shape index (κ3) is 8.56. The Hall–Kier alpha value is -4.98. The third-order valence-corrected chi connectivity index (χ3v) is 7.33. The van der Waals surface area contributed by atoms with Gasteiger partial charge in [-0.3, -0.25) is 0 Å².